The summed E-state index contributed by atoms with van der Waals surface area (Å²) in [5.41, 5.74) is 7.89. The third-order valence-corrected chi connectivity index (χ3v) is 4.48. The van der Waals surface area contributed by atoms with E-state index < -0.39 is 0 Å². The molecule has 2 aromatic carbocycles. The van der Waals surface area contributed by atoms with E-state index in [1.807, 2.05) is 12.3 Å². The molecule has 0 aliphatic heterocycles. The van der Waals surface area contributed by atoms with Crippen LogP contribution < -0.4 is 5.32 Å². The number of rotatable bonds is 5. The van der Waals surface area contributed by atoms with E-state index in [-0.39, 0.29) is 6.04 Å². The molecule has 0 radical (unpaired) electrons. The number of aryl methyl sites for hydroxylation is 2. The largest absolute Gasteiger partial charge is 0.379 e. The lowest BCUT2D eigenvalue weighted by atomic mass is 10.0. The van der Waals surface area contributed by atoms with Crippen molar-refractivity contribution in [3.63, 3.8) is 0 Å². The van der Waals surface area contributed by atoms with Gasteiger partial charge in [-0.25, -0.2) is 0 Å². The smallest absolute Gasteiger partial charge is 0.0731 e. The predicted molar refractivity (Wildman–Crippen MR) is 106 cm³/mol. The summed E-state index contributed by atoms with van der Waals surface area (Å²) in [5, 5.41) is 3.49. The maximum atomic E-state index is 4.48. The molecule has 2 heteroatoms. The van der Waals surface area contributed by atoms with E-state index in [0.29, 0.717) is 0 Å². The third-order valence-electron chi connectivity index (χ3n) is 4.48. The van der Waals surface area contributed by atoms with Gasteiger partial charge in [-0.15, -0.1) is 0 Å². The molecule has 0 amide bonds. The van der Waals surface area contributed by atoms with Crippen molar-refractivity contribution in [1.82, 2.24) is 10.3 Å². The topological polar surface area (TPSA) is 24.9 Å². The molecule has 1 unspecified atom stereocenters. The van der Waals surface area contributed by atoms with Gasteiger partial charge in [0.25, 0.3) is 0 Å². The van der Waals surface area contributed by atoms with Gasteiger partial charge in [0.05, 0.1) is 5.69 Å². The Kier molecular flexibility index (Phi) is 4.99. The monoisotopic (exact) mass is 328 g/mol. The molecule has 0 saturated carbocycles. The van der Waals surface area contributed by atoms with Crippen molar-refractivity contribution in [3.8, 4) is 11.3 Å². The number of nitrogens with one attached hydrogen (secondary N) is 1. The minimum Gasteiger partial charge on any atom is -0.379 e. The Morgan fingerprint density at radius 3 is 2.28 bits per heavy atom. The second kappa shape index (κ2) is 7.35. The quantitative estimate of drug-likeness (QED) is 0.651. The first-order valence-electron chi connectivity index (χ1n) is 8.59. The van der Waals surface area contributed by atoms with Crippen LogP contribution in [0.1, 0.15) is 35.2 Å². The Bertz CT molecular complexity index is 861. The maximum Gasteiger partial charge on any atom is 0.0731 e. The van der Waals surface area contributed by atoms with Crippen LogP contribution in [-0.4, -0.2) is 4.98 Å². The van der Waals surface area contributed by atoms with Crippen molar-refractivity contribution in [2.75, 3.05) is 0 Å². The Balaban J connectivity index is 1.72. The van der Waals surface area contributed by atoms with Gasteiger partial charge in [0, 0.05) is 23.5 Å². The van der Waals surface area contributed by atoms with Crippen molar-refractivity contribution in [2.24, 2.45) is 0 Å². The van der Waals surface area contributed by atoms with Gasteiger partial charge in [0.15, 0.2) is 0 Å². The fraction of sp³-hybridized carbons (Fsp3) is 0.174. The van der Waals surface area contributed by atoms with Crippen LogP contribution in [0.2, 0.25) is 0 Å². The molecule has 0 saturated heterocycles. The van der Waals surface area contributed by atoms with Crippen LogP contribution in [0.4, 0.5) is 0 Å². The van der Waals surface area contributed by atoms with Gasteiger partial charge in [-0.2, -0.15) is 0 Å². The van der Waals surface area contributed by atoms with E-state index in [1.54, 1.807) is 0 Å². The zero-order valence-electron chi connectivity index (χ0n) is 15.1. The van der Waals surface area contributed by atoms with Crippen LogP contribution in [-0.2, 0) is 0 Å². The molecule has 3 rings (SSSR count). The highest BCUT2D eigenvalue weighted by molar-refractivity contribution is 5.68. The summed E-state index contributed by atoms with van der Waals surface area (Å²) in [6.07, 6.45) is 1.83. The molecule has 0 fully saturated rings. The molecule has 126 valence electrons. The van der Waals surface area contributed by atoms with Crippen LogP contribution in [0.5, 0.6) is 0 Å². The molecule has 0 spiro atoms. The van der Waals surface area contributed by atoms with E-state index in [4.69, 9.17) is 0 Å². The number of hydrogen-bond acceptors (Lipinski definition) is 2. The summed E-state index contributed by atoms with van der Waals surface area (Å²) >= 11 is 0. The summed E-state index contributed by atoms with van der Waals surface area (Å²) in [6, 6.07) is 21.3. The summed E-state index contributed by atoms with van der Waals surface area (Å²) in [6.45, 7) is 10.5. The Morgan fingerprint density at radius 1 is 0.960 bits per heavy atom. The number of aromatic nitrogens is 1. The maximum absolute atomic E-state index is 4.48. The van der Waals surface area contributed by atoms with Crippen molar-refractivity contribution in [2.45, 2.75) is 26.8 Å². The predicted octanol–water partition coefficient (Wildman–Crippen LogP) is 5.69. The van der Waals surface area contributed by atoms with Crippen LogP contribution in [0, 0.1) is 13.8 Å². The van der Waals surface area contributed by atoms with Crippen LogP contribution in [0.25, 0.3) is 17.0 Å². The van der Waals surface area contributed by atoms with Crippen molar-refractivity contribution < 1.29 is 0 Å². The molecular weight excluding hydrogens is 304 g/mol. The van der Waals surface area contributed by atoms with Crippen LogP contribution in [0.3, 0.4) is 0 Å². The molecule has 0 bridgehead atoms. The van der Waals surface area contributed by atoms with Crippen LogP contribution in [0.15, 0.2) is 73.4 Å². The summed E-state index contributed by atoms with van der Waals surface area (Å²) in [4.78, 5) is 4.48. The van der Waals surface area contributed by atoms with Gasteiger partial charge < -0.3 is 5.32 Å². The molecule has 0 aliphatic rings. The van der Waals surface area contributed by atoms with Gasteiger partial charge in [-0.3, -0.25) is 4.98 Å². The lowest BCUT2D eigenvalue weighted by Crippen LogP contribution is -2.16. The Morgan fingerprint density at radius 2 is 1.64 bits per heavy atom. The second-order valence-corrected chi connectivity index (χ2v) is 6.50. The molecule has 25 heavy (non-hydrogen) atoms. The summed E-state index contributed by atoms with van der Waals surface area (Å²) in [5.74, 6) is 0. The highest BCUT2D eigenvalue weighted by atomic mass is 14.9. The summed E-state index contributed by atoms with van der Waals surface area (Å²) < 4.78 is 0. The highest BCUT2D eigenvalue weighted by Gasteiger charge is 2.08. The molecule has 1 atom stereocenters. The molecular formula is C23H24N2. The molecule has 2 nitrogen and oxygen atoms in total. The number of hydrogen-bond donors (Lipinski definition) is 1. The molecule has 1 aromatic heterocycles. The average molecular weight is 328 g/mol. The minimum atomic E-state index is 0.214. The van der Waals surface area contributed by atoms with Gasteiger partial charge >= 0.3 is 0 Å². The Hall–Kier alpha value is -2.87. The van der Waals surface area contributed by atoms with Gasteiger partial charge in [-0.05, 0) is 43.5 Å². The van der Waals surface area contributed by atoms with Gasteiger partial charge in [0.1, 0.15) is 0 Å². The lowest BCUT2D eigenvalue weighted by Gasteiger charge is -2.18. The van der Waals surface area contributed by atoms with E-state index in [1.165, 1.54) is 16.7 Å². The summed E-state index contributed by atoms with van der Waals surface area (Å²) in [7, 11) is 0. The molecule has 1 N–H and O–H groups in total. The fourth-order valence-electron chi connectivity index (χ4n) is 2.90. The normalized spacial score (nSPS) is 11.8. The second-order valence-electron chi connectivity index (χ2n) is 6.50. The first-order chi connectivity index (χ1) is 12.0. The number of benzene rings is 2. The SMILES string of the molecule is C=C(NC(C)c1ccc(C)cc1)c1ccc(-c2ncccc2C)cc1. The highest BCUT2D eigenvalue weighted by Crippen LogP contribution is 2.23. The molecule has 1 heterocycles. The van der Waals surface area contributed by atoms with Crippen LogP contribution >= 0.6 is 0 Å². The zero-order valence-corrected chi connectivity index (χ0v) is 15.1. The molecule has 3 aromatic rings. The standard InChI is InChI=1S/C23H24N2/c1-16-7-9-20(10-8-16)18(3)25-19(4)21-11-13-22(14-12-21)23-17(2)6-5-15-24-23/h5-15,18,25H,4H2,1-3H3. The Labute approximate surface area is 150 Å². The van der Waals surface area contributed by atoms with Gasteiger partial charge in [-0.1, -0.05) is 66.7 Å². The van der Waals surface area contributed by atoms with E-state index in [9.17, 15) is 0 Å². The lowest BCUT2D eigenvalue weighted by molar-refractivity contribution is 0.701. The molecule has 0 aliphatic carbocycles. The third kappa shape index (κ3) is 3.97. The number of pyridine rings is 1. The first-order valence-corrected chi connectivity index (χ1v) is 8.59. The van der Waals surface area contributed by atoms with Crippen molar-refractivity contribution in [1.29, 1.82) is 0 Å². The number of nitrogens with zero attached hydrogens (tertiary/aromatic N) is 1. The minimum absolute atomic E-state index is 0.214. The van der Waals surface area contributed by atoms with Crippen molar-refractivity contribution >= 4 is 5.70 Å². The zero-order chi connectivity index (χ0) is 17.8. The van der Waals surface area contributed by atoms with E-state index in [2.05, 4.69) is 92.2 Å². The van der Waals surface area contributed by atoms with Crippen molar-refractivity contribution in [3.05, 3.63) is 95.7 Å². The van der Waals surface area contributed by atoms with E-state index in [0.717, 1.165) is 22.5 Å². The fourth-order valence-corrected chi connectivity index (χ4v) is 2.90. The van der Waals surface area contributed by atoms with Gasteiger partial charge in [0.2, 0.25) is 0 Å². The average Bonchev–Trinajstić information content (AvgIpc) is 2.63. The first kappa shape index (κ1) is 17.0. The van der Waals surface area contributed by atoms with E-state index >= 15 is 0 Å².